The van der Waals surface area contributed by atoms with Crippen molar-refractivity contribution in [1.29, 1.82) is 0 Å². The Labute approximate surface area is 119 Å². The molecule has 0 aliphatic heterocycles. The van der Waals surface area contributed by atoms with Crippen molar-refractivity contribution in [1.82, 2.24) is 0 Å². The second-order valence-electron chi connectivity index (χ2n) is 4.87. The standard InChI is InChI=1S/C14H21O5P/c1-3-14(4-2,11-20(16,17)18)13(15)19-10-12-8-6-5-7-9-12/h5-9H,3-4,10-11H2,1-2H3,(H2,16,17,18). The highest BCUT2D eigenvalue weighted by Crippen LogP contribution is 2.45. The van der Waals surface area contributed by atoms with Crippen LogP contribution in [-0.2, 0) is 20.7 Å². The van der Waals surface area contributed by atoms with Crippen molar-refractivity contribution >= 4 is 13.6 Å². The molecule has 1 aromatic rings. The van der Waals surface area contributed by atoms with Gasteiger partial charge in [-0.3, -0.25) is 9.36 Å². The third-order valence-corrected chi connectivity index (χ3v) is 4.53. The highest BCUT2D eigenvalue weighted by Gasteiger charge is 2.42. The number of hydrogen-bond donors (Lipinski definition) is 2. The van der Waals surface area contributed by atoms with E-state index >= 15 is 0 Å². The zero-order chi connectivity index (χ0) is 15.2. The molecule has 2 N–H and O–H groups in total. The molecule has 0 bridgehead atoms. The molecule has 112 valence electrons. The Balaban J connectivity index is 2.77. The van der Waals surface area contributed by atoms with Gasteiger partial charge in [0.1, 0.15) is 6.61 Å². The lowest BCUT2D eigenvalue weighted by Gasteiger charge is -2.29. The van der Waals surface area contributed by atoms with Crippen LogP contribution in [0.4, 0.5) is 0 Å². The second kappa shape index (κ2) is 7.02. The number of benzene rings is 1. The van der Waals surface area contributed by atoms with E-state index in [2.05, 4.69) is 0 Å². The van der Waals surface area contributed by atoms with Crippen LogP contribution in [0.3, 0.4) is 0 Å². The Morgan fingerprint density at radius 1 is 1.20 bits per heavy atom. The highest BCUT2D eigenvalue weighted by atomic mass is 31.2. The van der Waals surface area contributed by atoms with Crippen LogP contribution in [-0.4, -0.2) is 21.9 Å². The molecule has 0 radical (unpaired) electrons. The first kappa shape index (κ1) is 16.9. The molecule has 1 rings (SSSR count). The largest absolute Gasteiger partial charge is 0.460 e. The summed E-state index contributed by atoms with van der Waals surface area (Å²) in [5, 5.41) is 0. The monoisotopic (exact) mass is 300 g/mol. The van der Waals surface area contributed by atoms with E-state index in [-0.39, 0.29) is 6.61 Å². The van der Waals surface area contributed by atoms with Crippen molar-refractivity contribution < 1.29 is 23.9 Å². The van der Waals surface area contributed by atoms with Crippen LogP contribution in [0.25, 0.3) is 0 Å². The van der Waals surface area contributed by atoms with E-state index in [1.807, 2.05) is 30.3 Å². The van der Waals surface area contributed by atoms with Gasteiger partial charge in [0.2, 0.25) is 0 Å². The van der Waals surface area contributed by atoms with Crippen LogP contribution in [0, 0.1) is 5.41 Å². The minimum absolute atomic E-state index is 0.114. The molecule has 0 saturated carbocycles. The van der Waals surface area contributed by atoms with Gasteiger partial charge < -0.3 is 14.5 Å². The average molecular weight is 300 g/mol. The minimum Gasteiger partial charge on any atom is -0.460 e. The number of hydrogen-bond acceptors (Lipinski definition) is 3. The fraction of sp³-hybridized carbons (Fsp3) is 0.500. The van der Waals surface area contributed by atoms with E-state index in [9.17, 15) is 9.36 Å². The number of ether oxygens (including phenoxy) is 1. The number of esters is 1. The zero-order valence-corrected chi connectivity index (χ0v) is 12.7. The molecule has 20 heavy (non-hydrogen) atoms. The van der Waals surface area contributed by atoms with Crippen LogP contribution in [0.1, 0.15) is 32.3 Å². The molecule has 5 nitrogen and oxygen atoms in total. The Hall–Kier alpha value is -1.16. The van der Waals surface area contributed by atoms with Gasteiger partial charge in [0.05, 0.1) is 11.6 Å². The van der Waals surface area contributed by atoms with E-state index < -0.39 is 25.1 Å². The molecule has 6 heteroatoms. The van der Waals surface area contributed by atoms with Crippen LogP contribution in [0.5, 0.6) is 0 Å². The molecule has 0 spiro atoms. The SMILES string of the molecule is CCC(CC)(CP(=O)(O)O)C(=O)OCc1ccccc1. The Kier molecular flexibility index (Phi) is 5.93. The molecule has 0 aliphatic carbocycles. The molecular weight excluding hydrogens is 279 g/mol. The molecule has 0 atom stereocenters. The third-order valence-electron chi connectivity index (χ3n) is 3.51. The molecule has 0 aromatic heterocycles. The van der Waals surface area contributed by atoms with Crippen LogP contribution in [0.15, 0.2) is 30.3 Å². The molecule has 0 fully saturated rings. The molecule has 0 heterocycles. The second-order valence-corrected chi connectivity index (χ2v) is 6.52. The van der Waals surface area contributed by atoms with E-state index in [1.165, 1.54) is 0 Å². The fourth-order valence-corrected chi connectivity index (χ4v) is 3.46. The van der Waals surface area contributed by atoms with Crippen LogP contribution in [0.2, 0.25) is 0 Å². The van der Waals surface area contributed by atoms with Gasteiger partial charge in [-0.2, -0.15) is 0 Å². The summed E-state index contributed by atoms with van der Waals surface area (Å²) in [5.74, 6) is -0.547. The average Bonchev–Trinajstić information content (AvgIpc) is 2.42. The van der Waals surface area contributed by atoms with Gasteiger partial charge in [-0.15, -0.1) is 0 Å². The predicted octanol–water partition coefficient (Wildman–Crippen LogP) is 2.71. The molecule has 1 aromatic carbocycles. The number of carbonyl (C=O) groups excluding carboxylic acids is 1. The summed E-state index contributed by atoms with van der Waals surface area (Å²) in [6.45, 7) is 3.59. The quantitative estimate of drug-likeness (QED) is 0.597. The van der Waals surface area contributed by atoms with Crippen molar-refractivity contribution in [2.45, 2.75) is 33.3 Å². The van der Waals surface area contributed by atoms with Gasteiger partial charge in [0.15, 0.2) is 0 Å². The topological polar surface area (TPSA) is 83.8 Å². The normalized spacial score (nSPS) is 12.2. The lowest BCUT2D eigenvalue weighted by Crippen LogP contribution is -2.35. The predicted molar refractivity (Wildman–Crippen MR) is 76.2 cm³/mol. The summed E-state index contributed by atoms with van der Waals surface area (Å²) in [4.78, 5) is 30.5. The first-order valence-electron chi connectivity index (χ1n) is 6.58. The van der Waals surface area contributed by atoms with Gasteiger partial charge in [0, 0.05) is 0 Å². The van der Waals surface area contributed by atoms with Crippen LogP contribution < -0.4 is 0 Å². The van der Waals surface area contributed by atoms with Crippen molar-refractivity contribution in [3.8, 4) is 0 Å². The highest BCUT2D eigenvalue weighted by molar-refractivity contribution is 7.51. The summed E-state index contributed by atoms with van der Waals surface area (Å²) in [5.41, 5.74) is -0.272. The summed E-state index contributed by atoms with van der Waals surface area (Å²) >= 11 is 0. The van der Waals surface area contributed by atoms with E-state index in [0.717, 1.165) is 5.56 Å². The van der Waals surface area contributed by atoms with Crippen molar-refractivity contribution in [2.24, 2.45) is 5.41 Å². The molecular formula is C14H21O5P. The van der Waals surface area contributed by atoms with Crippen molar-refractivity contribution in [3.63, 3.8) is 0 Å². The van der Waals surface area contributed by atoms with Gasteiger partial charge in [-0.25, -0.2) is 0 Å². The third kappa shape index (κ3) is 4.75. The van der Waals surface area contributed by atoms with Crippen molar-refractivity contribution in [2.75, 3.05) is 6.16 Å². The number of rotatable bonds is 7. The molecule has 0 amide bonds. The van der Waals surface area contributed by atoms with E-state index in [0.29, 0.717) is 12.8 Å². The molecule has 0 saturated heterocycles. The van der Waals surface area contributed by atoms with E-state index in [1.54, 1.807) is 13.8 Å². The van der Waals surface area contributed by atoms with E-state index in [4.69, 9.17) is 14.5 Å². The Morgan fingerprint density at radius 2 is 1.75 bits per heavy atom. The van der Waals surface area contributed by atoms with Gasteiger partial charge in [0.25, 0.3) is 0 Å². The lowest BCUT2D eigenvalue weighted by atomic mass is 9.84. The first-order chi connectivity index (χ1) is 9.33. The van der Waals surface area contributed by atoms with Gasteiger partial charge in [-0.1, -0.05) is 44.2 Å². The fourth-order valence-electron chi connectivity index (χ4n) is 2.10. The minimum atomic E-state index is -4.27. The maximum absolute atomic E-state index is 12.2. The lowest BCUT2D eigenvalue weighted by molar-refractivity contribution is -0.156. The molecule has 0 aliphatic rings. The summed E-state index contributed by atoms with van der Waals surface area (Å²) in [7, 11) is -4.27. The maximum Gasteiger partial charge on any atom is 0.326 e. The van der Waals surface area contributed by atoms with Crippen molar-refractivity contribution in [3.05, 3.63) is 35.9 Å². The Morgan fingerprint density at radius 3 is 2.20 bits per heavy atom. The zero-order valence-electron chi connectivity index (χ0n) is 11.8. The first-order valence-corrected chi connectivity index (χ1v) is 8.38. The smallest absolute Gasteiger partial charge is 0.326 e. The van der Waals surface area contributed by atoms with Gasteiger partial charge >= 0.3 is 13.6 Å². The molecule has 0 unspecified atom stereocenters. The number of carbonyl (C=O) groups is 1. The van der Waals surface area contributed by atoms with Crippen LogP contribution >= 0.6 is 7.60 Å². The summed E-state index contributed by atoms with van der Waals surface area (Å²) in [6, 6.07) is 9.20. The summed E-state index contributed by atoms with van der Waals surface area (Å²) < 4.78 is 16.5. The summed E-state index contributed by atoms with van der Waals surface area (Å²) in [6.07, 6.45) is 0.199. The van der Waals surface area contributed by atoms with Gasteiger partial charge in [-0.05, 0) is 18.4 Å². The maximum atomic E-state index is 12.2. The Bertz CT molecular complexity index is 476.